The third kappa shape index (κ3) is 3.74. The first kappa shape index (κ1) is 14.8. The highest BCUT2D eigenvalue weighted by molar-refractivity contribution is 7.12. The first-order valence-electron chi connectivity index (χ1n) is 7.55. The van der Waals surface area contributed by atoms with Crippen LogP contribution in [0, 0.1) is 0 Å². The summed E-state index contributed by atoms with van der Waals surface area (Å²) in [7, 11) is 0. The smallest absolute Gasteiger partial charge is 0.281 e. The minimum Gasteiger partial charge on any atom is -0.372 e. The van der Waals surface area contributed by atoms with Crippen molar-refractivity contribution in [2.45, 2.75) is 19.3 Å². The highest BCUT2D eigenvalue weighted by Crippen LogP contribution is 2.19. The van der Waals surface area contributed by atoms with Gasteiger partial charge in [0.1, 0.15) is 0 Å². The number of anilines is 1. The molecule has 5 heteroatoms. The van der Waals surface area contributed by atoms with Gasteiger partial charge in [0.25, 0.3) is 5.91 Å². The Bertz CT molecular complexity index is 628. The van der Waals surface area contributed by atoms with Gasteiger partial charge in [-0.05, 0) is 48.4 Å². The Morgan fingerprint density at radius 3 is 2.59 bits per heavy atom. The van der Waals surface area contributed by atoms with Gasteiger partial charge in [0, 0.05) is 18.8 Å². The van der Waals surface area contributed by atoms with E-state index in [-0.39, 0.29) is 5.91 Å². The number of thiophene rings is 1. The van der Waals surface area contributed by atoms with Crippen LogP contribution >= 0.6 is 11.3 Å². The van der Waals surface area contributed by atoms with Crippen molar-refractivity contribution in [1.82, 2.24) is 5.43 Å². The maximum absolute atomic E-state index is 11.7. The molecule has 1 aliphatic heterocycles. The third-order valence-electron chi connectivity index (χ3n) is 3.74. The van der Waals surface area contributed by atoms with Gasteiger partial charge in [0.15, 0.2) is 0 Å². The van der Waals surface area contributed by atoms with Crippen LogP contribution in [-0.4, -0.2) is 25.2 Å². The predicted molar refractivity (Wildman–Crippen MR) is 91.9 cm³/mol. The summed E-state index contributed by atoms with van der Waals surface area (Å²) >= 11 is 1.40. The normalized spacial score (nSPS) is 15.2. The van der Waals surface area contributed by atoms with Crippen molar-refractivity contribution in [1.29, 1.82) is 0 Å². The number of hydrogen-bond acceptors (Lipinski definition) is 4. The monoisotopic (exact) mass is 313 g/mol. The van der Waals surface area contributed by atoms with Crippen molar-refractivity contribution >= 4 is 29.1 Å². The first-order valence-corrected chi connectivity index (χ1v) is 8.43. The number of carbonyl (C=O) groups is 1. The molecule has 114 valence electrons. The Kier molecular flexibility index (Phi) is 4.85. The molecule has 0 unspecified atom stereocenters. The lowest BCUT2D eigenvalue weighted by Crippen LogP contribution is -2.29. The van der Waals surface area contributed by atoms with E-state index in [2.05, 4.69) is 27.6 Å². The number of nitrogens with one attached hydrogen (secondary N) is 1. The zero-order valence-electron chi connectivity index (χ0n) is 12.4. The van der Waals surface area contributed by atoms with Crippen molar-refractivity contribution in [2.24, 2.45) is 5.10 Å². The van der Waals surface area contributed by atoms with E-state index in [0.717, 1.165) is 18.7 Å². The molecule has 0 bridgehead atoms. The molecule has 1 fully saturated rings. The lowest BCUT2D eigenvalue weighted by molar-refractivity contribution is 0.0959. The molecule has 1 aromatic carbocycles. The lowest BCUT2D eigenvalue weighted by Gasteiger charge is -2.28. The minimum absolute atomic E-state index is 0.170. The predicted octanol–water partition coefficient (Wildman–Crippen LogP) is 3.50. The molecule has 22 heavy (non-hydrogen) atoms. The number of amides is 1. The van der Waals surface area contributed by atoms with E-state index in [9.17, 15) is 4.79 Å². The summed E-state index contributed by atoms with van der Waals surface area (Å²) in [5, 5.41) is 5.88. The van der Waals surface area contributed by atoms with Gasteiger partial charge in [0.2, 0.25) is 0 Å². The molecule has 0 saturated carbocycles. The fourth-order valence-electron chi connectivity index (χ4n) is 2.55. The molecule has 4 nitrogen and oxygen atoms in total. The lowest BCUT2D eigenvalue weighted by atomic mass is 10.1. The second-order valence-electron chi connectivity index (χ2n) is 5.32. The number of piperidine rings is 1. The Labute approximate surface area is 134 Å². The maximum atomic E-state index is 11.7. The van der Waals surface area contributed by atoms with E-state index in [1.807, 2.05) is 23.6 Å². The van der Waals surface area contributed by atoms with Gasteiger partial charge < -0.3 is 4.90 Å². The molecule has 1 amide bonds. The molecular formula is C17H19N3OS. The SMILES string of the molecule is O=C(N/N=C/c1ccc(N2CCCCC2)cc1)c1cccs1. The standard InChI is InChI=1S/C17H19N3OS/c21-17(16-5-4-12-22-16)19-18-13-14-6-8-15(9-7-14)20-10-2-1-3-11-20/h4-9,12-13H,1-3,10-11H2,(H,19,21)/b18-13+. The van der Waals surface area contributed by atoms with E-state index in [1.54, 1.807) is 12.3 Å². The van der Waals surface area contributed by atoms with E-state index in [0.29, 0.717) is 4.88 Å². The summed E-state index contributed by atoms with van der Waals surface area (Å²) in [6, 6.07) is 11.9. The number of nitrogens with zero attached hydrogens (tertiary/aromatic N) is 2. The van der Waals surface area contributed by atoms with E-state index in [4.69, 9.17) is 0 Å². The molecule has 0 spiro atoms. The van der Waals surface area contributed by atoms with Crippen LogP contribution in [0.3, 0.4) is 0 Å². The van der Waals surface area contributed by atoms with Gasteiger partial charge in [0.05, 0.1) is 11.1 Å². The summed E-state index contributed by atoms with van der Waals surface area (Å²) in [5.74, 6) is -0.170. The number of hydrazone groups is 1. The second-order valence-corrected chi connectivity index (χ2v) is 6.26. The molecule has 2 aromatic rings. The van der Waals surface area contributed by atoms with E-state index < -0.39 is 0 Å². The average Bonchev–Trinajstić information content (AvgIpc) is 3.11. The van der Waals surface area contributed by atoms with Crippen LogP contribution < -0.4 is 10.3 Å². The first-order chi connectivity index (χ1) is 10.8. The fraction of sp³-hybridized carbons (Fsp3) is 0.294. The maximum Gasteiger partial charge on any atom is 0.281 e. The highest BCUT2D eigenvalue weighted by atomic mass is 32.1. The van der Waals surface area contributed by atoms with Crippen molar-refractivity contribution in [3.63, 3.8) is 0 Å². The number of benzene rings is 1. The van der Waals surface area contributed by atoms with Crippen molar-refractivity contribution in [2.75, 3.05) is 18.0 Å². The molecule has 2 heterocycles. The van der Waals surface area contributed by atoms with Gasteiger partial charge >= 0.3 is 0 Å². The van der Waals surface area contributed by atoms with Gasteiger partial charge in [-0.3, -0.25) is 4.79 Å². The van der Waals surface area contributed by atoms with Gasteiger partial charge in [-0.1, -0.05) is 18.2 Å². The number of carbonyl (C=O) groups excluding carboxylic acids is 1. The summed E-state index contributed by atoms with van der Waals surface area (Å²) in [6.07, 6.45) is 5.56. The Hall–Kier alpha value is -2.14. The summed E-state index contributed by atoms with van der Waals surface area (Å²) in [6.45, 7) is 2.29. The quantitative estimate of drug-likeness (QED) is 0.693. The number of hydrogen-bond donors (Lipinski definition) is 1. The van der Waals surface area contributed by atoms with Crippen LogP contribution in [0.4, 0.5) is 5.69 Å². The van der Waals surface area contributed by atoms with Gasteiger partial charge in [-0.2, -0.15) is 5.10 Å². The van der Waals surface area contributed by atoms with Crippen molar-refractivity contribution < 1.29 is 4.79 Å². The summed E-state index contributed by atoms with van der Waals surface area (Å²) < 4.78 is 0. The largest absolute Gasteiger partial charge is 0.372 e. The van der Waals surface area contributed by atoms with Crippen molar-refractivity contribution in [3.05, 3.63) is 52.2 Å². The molecule has 0 radical (unpaired) electrons. The van der Waals surface area contributed by atoms with Crippen LogP contribution in [0.2, 0.25) is 0 Å². The van der Waals surface area contributed by atoms with Gasteiger partial charge in [-0.15, -0.1) is 11.3 Å². The summed E-state index contributed by atoms with van der Waals surface area (Å²) in [4.78, 5) is 14.8. The third-order valence-corrected chi connectivity index (χ3v) is 4.61. The van der Waals surface area contributed by atoms with Crippen LogP contribution in [-0.2, 0) is 0 Å². The van der Waals surface area contributed by atoms with Crippen LogP contribution in [0.1, 0.15) is 34.5 Å². The zero-order chi connectivity index (χ0) is 15.2. The summed E-state index contributed by atoms with van der Waals surface area (Å²) in [5.41, 5.74) is 4.78. The van der Waals surface area contributed by atoms with Crippen LogP contribution in [0.5, 0.6) is 0 Å². The molecule has 1 aliphatic rings. The Balaban J connectivity index is 1.56. The Morgan fingerprint density at radius 1 is 1.14 bits per heavy atom. The average molecular weight is 313 g/mol. The van der Waals surface area contributed by atoms with E-state index in [1.165, 1.54) is 36.3 Å². The molecule has 1 N–H and O–H groups in total. The molecule has 0 aliphatic carbocycles. The van der Waals surface area contributed by atoms with Crippen LogP contribution in [0.25, 0.3) is 0 Å². The van der Waals surface area contributed by atoms with Crippen LogP contribution in [0.15, 0.2) is 46.9 Å². The topological polar surface area (TPSA) is 44.7 Å². The van der Waals surface area contributed by atoms with Gasteiger partial charge in [-0.25, -0.2) is 5.43 Å². The molecule has 1 aromatic heterocycles. The fourth-order valence-corrected chi connectivity index (χ4v) is 3.17. The molecule has 0 atom stereocenters. The minimum atomic E-state index is -0.170. The zero-order valence-corrected chi connectivity index (χ0v) is 13.2. The Morgan fingerprint density at radius 2 is 1.91 bits per heavy atom. The molecule has 1 saturated heterocycles. The molecule has 3 rings (SSSR count). The number of rotatable bonds is 4. The van der Waals surface area contributed by atoms with Crippen molar-refractivity contribution in [3.8, 4) is 0 Å². The highest BCUT2D eigenvalue weighted by Gasteiger charge is 2.10. The second kappa shape index (κ2) is 7.22. The molecular weight excluding hydrogens is 294 g/mol. The van der Waals surface area contributed by atoms with E-state index >= 15 is 0 Å².